The van der Waals surface area contributed by atoms with Gasteiger partial charge in [-0.1, -0.05) is 24.6 Å². The smallest absolute Gasteiger partial charge is 0.213 e. The van der Waals surface area contributed by atoms with Crippen LogP contribution in [0.4, 0.5) is 0 Å². The van der Waals surface area contributed by atoms with Crippen LogP contribution in [0.3, 0.4) is 0 Å². The normalized spacial score (nSPS) is 15.1. The van der Waals surface area contributed by atoms with Gasteiger partial charge in [0.05, 0.1) is 4.90 Å². The molecule has 2 aromatic heterocycles. The van der Waals surface area contributed by atoms with Crippen molar-refractivity contribution in [2.45, 2.75) is 46.9 Å². The lowest BCUT2D eigenvalue weighted by Crippen LogP contribution is -2.06. The van der Waals surface area contributed by atoms with Crippen LogP contribution >= 0.6 is 11.8 Å². The maximum atomic E-state index is 13.2. The summed E-state index contributed by atoms with van der Waals surface area (Å²) in [6, 6.07) is 8.51. The average molecular weight is 374 g/mol. The van der Waals surface area contributed by atoms with Crippen molar-refractivity contribution in [3.63, 3.8) is 0 Å². The fraction of sp³-hybridized carbons (Fsp3) is 0.333. The van der Waals surface area contributed by atoms with Crippen molar-refractivity contribution in [3.8, 4) is 0 Å². The molecule has 0 spiro atoms. The molecule has 0 bridgehead atoms. The van der Waals surface area contributed by atoms with Gasteiger partial charge in [-0.3, -0.25) is 0 Å². The van der Waals surface area contributed by atoms with E-state index in [1.54, 1.807) is 28.8 Å². The fourth-order valence-corrected chi connectivity index (χ4v) is 5.79. The Balaban J connectivity index is 2.00. The lowest BCUT2D eigenvalue weighted by Gasteiger charge is -2.08. The molecule has 3 aromatic rings. The number of rotatable bonds is 3. The van der Waals surface area contributed by atoms with Crippen LogP contribution in [0.1, 0.15) is 30.5 Å². The topological polar surface area (TPSA) is 64.3 Å². The van der Waals surface area contributed by atoms with E-state index in [-0.39, 0.29) is 9.79 Å². The van der Waals surface area contributed by atoms with Crippen LogP contribution in [0.2, 0.25) is 0 Å². The summed E-state index contributed by atoms with van der Waals surface area (Å²) in [5.41, 5.74) is 2.73. The van der Waals surface area contributed by atoms with Gasteiger partial charge < -0.3 is 0 Å². The molecule has 0 aliphatic heterocycles. The zero-order valence-corrected chi connectivity index (χ0v) is 15.6. The Morgan fingerprint density at radius 2 is 1.84 bits per heavy atom. The molecule has 0 saturated heterocycles. The number of aromatic nitrogens is 3. The number of thioether (sulfide) groups is 1. The van der Waals surface area contributed by atoms with Gasteiger partial charge in [0.1, 0.15) is 5.03 Å². The summed E-state index contributed by atoms with van der Waals surface area (Å²) in [6.07, 6.45) is 9.01. The van der Waals surface area contributed by atoms with Crippen LogP contribution in [0, 0.1) is 0 Å². The van der Waals surface area contributed by atoms with Crippen molar-refractivity contribution in [3.05, 3.63) is 47.8 Å². The highest BCUT2D eigenvalue weighted by atomic mass is 32.2. The van der Waals surface area contributed by atoms with E-state index in [0.29, 0.717) is 10.7 Å². The first kappa shape index (κ1) is 16.6. The van der Waals surface area contributed by atoms with E-state index in [1.165, 1.54) is 23.7 Å². The lowest BCUT2D eigenvalue weighted by molar-refractivity contribution is 0.594. The molecular weight excluding hydrogens is 354 g/mol. The summed E-state index contributed by atoms with van der Waals surface area (Å²) in [6.45, 7) is 0. The zero-order valence-electron chi connectivity index (χ0n) is 14.0. The molecule has 0 unspecified atom stereocenters. The SMILES string of the molecule is CSc1nn2c3c(cnc2c1S(=O)(=O)c1ccccc1)CCCCC3. The van der Waals surface area contributed by atoms with Gasteiger partial charge in [0.15, 0.2) is 10.5 Å². The maximum absolute atomic E-state index is 13.2. The first-order chi connectivity index (χ1) is 12.1. The Bertz CT molecular complexity index is 1030. The highest BCUT2D eigenvalue weighted by molar-refractivity contribution is 7.99. The second-order valence-electron chi connectivity index (χ2n) is 6.18. The Morgan fingerprint density at radius 1 is 1.08 bits per heavy atom. The second kappa shape index (κ2) is 6.46. The molecule has 4 rings (SSSR count). The fourth-order valence-electron chi connectivity index (χ4n) is 3.37. The second-order valence-corrected chi connectivity index (χ2v) is 8.86. The van der Waals surface area contributed by atoms with E-state index in [1.807, 2.05) is 18.5 Å². The van der Waals surface area contributed by atoms with E-state index in [4.69, 9.17) is 0 Å². The molecule has 1 aromatic carbocycles. The van der Waals surface area contributed by atoms with Gasteiger partial charge in [-0.15, -0.1) is 11.8 Å². The van der Waals surface area contributed by atoms with E-state index >= 15 is 0 Å². The summed E-state index contributed by atoms with van der Waals surface area (Å²) in [5.74, 6) is 0. The summed E-state index contributed by atoms with van der Waals surface area (Å²) < 4.78 is 28.2. The molecular formula is C18H19N3O2S2. The molecule has 2 heterocycles. The molecule has 0 atom stereocenters. The first-order valence-electron chi connectivity index (χ1n) is 8.36. The highest BCUT2D eigenvalue weighted by Crippen LogP contribution is 2.33. The van der Waals surface area contributed by atoms with E-state index < -0.39 is 9.84 Å². The molecule has 7 heteroatoms. The van der Waals surface area contributed by atoms with Crippen LogP contribution in [0.25, 0.3) is 5.65 Å². The van der Waals surface area contributed by atoms with Crippen LogP contribution in [0.15, 0.2) is 51.3 Å². The predicted molar refractivity (Wildman–Crippen MR) is 97.9 cm³/mol. The molecule has 1 aliphatic rings. The monoisotopic (exact) mass is 373 g/mol. The van der Waals surface area contributed by atoms with Crippen molar-refractivity contribution < 1.29 is 8.42 Å². The van der Waals surface area contributed by atoms with Gasteiger partial charge >= 0.3 is 0 Å². The number of hydrogen-bond acceptors (Lipinski definition) is 5. The summed E-state index contributed by atoms with van der Waals surface area (Å²) >= 11 is 1.35. The predicted octanol–water partition coefficient (Wildman–Crippen LogP) is 3.55. The number of hydrogen-bond donors (Lipinski definition) is 0. The number of nitrogens with zero attached hydrogens (tertiary/aromatic N) is 3. The van der Waals surface area contributed by atoms with Gasteiger partial charge in [-0.2, -0.15) is 5.10 Å². The molecule has 1 aliphatic carbocycles. The van der Waals surface area contributed by atoms with Crippen molar-refractivity contribution in [2.24, 2.45) is 0 Å². The lowest BCUT2D eigenvalue weighted by atomic mass is 10.1. The number of benzene rings is 1. The summed E-state index contributed by atoms with van der Waals surface area (Å²) in [7, 11) is -3.67. The Hall–Kier alpha value is -1.86. The standard InChI is InChI=1S/C18H19N3O2S2/c1-24-18-16(25(22,23)14-9-5-3-6-10-14)17-19-12-13-8-4-2-7-11-15(13)21(17)20-18/h3,5-6,9-10,12H,2,4,7-8,11H2,1H3. The minimum absolute atomic E-state index is 0.221. The molecule has 0 amide bonds. The Kier molecular flexibility index (Phi) is 4.29. The molecule has 0 fully saturated rings. The zero-order chi connectivity index (χ0) is 17.4. The third kappa shape index (κ3) is 2.75. The Labute approximate surface area is 151 Å². The molecule has 0 saturated carbocycles. The average Bonchev–Trinajstić information content (AvgIpc) is 2.86. The van der Waals surface area contributed by atoms with Gasteiger partial charge in [0.2, 0.25) is 9.84 Å². The summed E-state index contributed by atoms with van der Waals surface area (Å²) in [4.78, 5) is 5.00. The highest BCUT2D eigenvalue weighted by Gasteiger charge is 2.29. The van der Waals surface area contributed by atoms with Crippen LogP contribution < -0.4 is 0 Å². The van der Waals surface area contributed by atoms with Crippen molar-refractivity contribution >= 4 is 27.2 Å². The minimum atomic E-state index is -3.67. The van der Waals surface area contributed by atoms with E-state index in [9.17, 15) is 8.42 Å². The molecule has 25 heavy (non-hydrogen) atoms. The minimum Gasteiger partial charge on any atom is -0.236 e. The van der Waals surface area contributed by atoms with E-state index in [2.05, 4.69) is 10.1 Å². The van der Waals surface area contributed by atoms with Crippen molar-refractivity contribution in [1.29, 1.82) is 0 Å². The third-order valence-corrected chi connectivity index (χ3v) is 7.24. The van der Waals surface area contributed by atoms with Gasteiger partial charge in [0, 0.05) is 11.9 Å². The molecule has 5 nitrogen and oxygen atoms in total. The van der Waals surface area contributed by atoms with Gasteiger partial charge in [-0.25, -0.2) is 17.9 Å². The molecule has 0 radical (unpaired) electrons. The number of aryl methyl sites for hydroxylation is 2. The largest absolute Gasteiger partial charge is 0.236 e. The molecule has 130 valence electrons. The maximum Gasteiger partial charge on any atom is 0.213 e. The van der Waals surface area contributed by atoms with Crippen LogP contribution in [-0.2, 0) is 22.7 Å². The number of sulfone groups is 1. The van der Waals surface area contributed by atoms with Gasteiger partial charge in [0.25, 0.3) is 0 Å². The van der Waals surface area contributed by atoms with Crippen LogP contribution in [-0.4, -0.2) is 29.3 Å². The van der Waals surface area contributed by atoms with Crippen LogP contribution in [0.5, 0.6) is 0 Å². The van der Waals surface area contributed by atoms with Crippen molar-refractivity contribution in [1.82, 2.24) is 14.6 Å². The third-order valence-electron chi connectivity index (χ3n) is 4.63. The first-order valence-corrected chi connectivity index (χ1v) is 11.1. The van der Waals surface area contributed by atoms with Crippen molar-refractivity contribution in [2.75, 3.05) is 6.26 Å². The Morgan fingerprint density at radius 3 is 2.60 bits per heavy atom. The van der Waals surface area contributed by atoms with Gasteiger partial charge in [-0.05, 0) is 49.6 Å². The quantitative estimate of drug-likeness (QED) is 0.519. The molecule has 0 N–H and O–H groups in total. The summed E-state index contributed by atoms with van der Waals surface area (Å²) in [5, 5.41) is 5.12. The van der Waals surface area contributed by atoms with E-state index in [0.717, 1.165) is 31.4 Å². The number of fused-ring (bicyclic) bond motifs is 3.